The van der Waals surface area contributed by atoms with Gasteiger partial charge in [0.25, 0.3) is 11.7 Å². The number of ketones is 1. The first-order valence-corrected chi connectivity index (χ1v) is 12.8. The van der Waals surface area contributed by atoms with Gasteiger partial charge in [-0.2, -0.15) is 0 Å². The Morgan fingerprint density at radius 1 is 1.06 bits per heavy atom. The first-order valence-electron chi connectivity index (χ1n) is 12.4. The number of likely N-dealkylation sites (tertiary alicyclic amines) is 1. The lowest BCUT2D eigenvalue weighted by Crippen LogP contribution is -2.38. The minimum absolute atomic E-state index is 0.0833. The highest BCUT2D eigenvalue weighted by molar-refractivity contribution is 6.46. The Morgan fingerprint density at radius 3 is 2.43 bits per heavy atom. The average molecular weight is 499 g/mol. The van der Waals surface area contributed by atoms with Crippen LogP contribution in [0.5, 0.6) is 5.75 Å². The summed E-state index contributed by atoms with van der Waals surface area (Å²) in [6.07, 6.45) is 3.15. The Balaban J connectivity index is 2.02. The molecule has 1 atom stereocenters. The fourth-order valence-electron chi connectivity index (χ4n) is 4.33. The van der Waals surface area contributed by atoms with E-state index in [2.05, 4.69) is 25.7 Å². The molecular formula is C28H35ClN2O4. The van der Waals surface area contributed by atoms with E-state index in [1.165, 1.54) is 0 Å². The minimum atomic E-state index is -0.708. The maximum absolute atomic E-state index is 13.2. The van der Waals surface area contributed by atoms with Gasteiger partial charge in [-0.05, 0) is 61.5 Å². The summed E-state index contributed by atoms with van der Waals surface area (Å²) >= 11 is 6.01. The van der Waals surface area contributed by atoms with Gasteiger partial charge in [0.2, 0.25) is 0 Å². The predicted molar refractivity (Wildman–Crippen MR) is 140 cm³/mol. The molecule has 1 saturated heterocycles. The van der Waals surface area contributed by atoms with Gasteiger partial charge in [-0.25, -0.2) is 0 Å². The number of aliphatic hydroxyl groups is 1. The number of unbranched alkanes of at least 4 members (excludes halogenated alkanes) is 2. The predicted octanol–water partition coefficient (Wildman–Crippen LogP) is 5.67. The molecule has 1 aliphatic rings. The standard InChI is InChI=1S/C28H35ClN2O4/c1-4-7-8-18-35-23-11-9-10-21(19-23)25-24(26(32)20-12-14-22(29)15-13-20)27(33)28(34)31(25)17-16-30(5-2)6-3/h9-15,19,25,32H,4-8,16-18H2,1-3H3. The Hall–Kier alpha value is -2.83. The second-order valence-electron chi connectivity index (χ2n) is 8.65. The first kappa shape index (κ1) is 26.8. The van der Waals surface area contributed by atoms with Crippen molar-refractivity contribution in [3.05, 3.63) is 70.3 Å². The topological polar surface area (TPSA) is 70.1 Å². The number of hydrogen-bond acceptors (Lipinski definition) is 5. The second-order valence-corrected chi connectivity index (χ2v) is 9.09. The maximum Gasteiger partial charge on any atom is 0.295 e. The lowest BCUT2D eigenvalue weighted by Gasteiger charge is -2.28. The molecule has 0 radical (unpaired) electrons. The van der Waals surface area contributed by atoms with E-state index in [4.69, 9.17) is 16.3 Å². The Kier molecular flexibility index (Phi) is 9.75. The number of halogens is 1. The van der Waals surface area contributed by atoms with Gasteiger partial charge in [0.05, 0.1) is 18.2 Å². The molecule has 0 saturated carbocycles. The van der Waals surface area contributed by atoms with Crippen LogP contribution in [0.25, 0.3) is 5.76 Å². The lowest BCUT2D eigenvalue weighted by molar-refractivity contribution is -0.140. The third-order valence-electron chi connectivity index (χ3n) is 6.40. The van der Waals surface area contributed by atoms with Gasteiger partial charge in [-0.3, -0.25) is 9.59 Å². The molecule has 188 valence electrons. The van der Waals surface area contributed by atoms with E-state index >= 15 is 0 Å². The minimum Gasteiger partial charge on any atom is -0.507 e. The molecule has 3 rings (SSSR count). The van der Waals surface area contributed by atoms with Crippen LogP contribution >= 0.6 is 11.6 Å². The molecule has 2 aromatic carbocycles. The quantitative estimate of drug-likeness (QED) is 0.177. The average Bonchev–Trinajstić information content (AvgIpc) is 3.12. The van der Waals surface area contributed by atoms with Crippen LogP contribution in [0.3, 0.4) is 0 Å². The smallest absolute Gasteiger partial charge is 0.295 e. The van der Waals surface area contributed by atoms with E-state index in [1.54, 1.807) is 29.2 Å². The van der Waals surface area contributed by atoms with Crippen molar-refractivity contribution in [3.8, 4) is 5.75 Å². The third-order valence-corrected chi connectivity index (χ3v) is 6.65. The zero-order chi connectivity index (χ0) is 25.4. The van der Waals surface area contributed by atoms with Crippen molar-refractivity contribution in [1.29, 1.82) is 0 Å². The number of aliphatic hydroxyl groups excluding tert-OH is 1. The van der Waals surface area contributed by atoms with Crippen molar-refractivity contribution in [2.24, 2.45) is 0 Å². The van der Waals surface area contributed by atoms with Crippen LogP contribution in [-0.2, 0) is 9.59 Å². The van der Waals surface area contributed by atoms with Gasteiger partial charge in [0, 0.05) is 23.7 Å². The number of Topliss-reactive ketones (excluding diaryl/α,β-unsaturated/α-hetero) is 1. The summed E-state index contributed by atoms with van der Waals surface area (Å²) in [5, 5.41) is 11.7. The monoisotopic (exact) mass is 498 g/mol. The molecule has 2 aromatic rings. The fourth-order valence-corrected chi connectivity index (χ4v) is 4.45. The molecular weight excluding hydrogens is 464 g/mol. The summed E-state index contributed by atoms with van der Waals surface area (Å²) in [7, 11) is 0. The number of nitrogens with zero attached hydrogens (tertiary/aromatic N) is 2. The number of ether oxygens (including phenoxy) is 1. The van der Waals surface area contributed by atoms with Gasteiger partial charge in [-0.15, -0.1) is 0 Å². The normalized spacial score (nSPS) is 17.4. The fraction of sp³-hybridized carbons (Fsp3) is 0.429. The highest BCUT2D eigenvalue weighted by Crippen LogP contribution is 2.40. The van der Waals surface area contributed by atoms with Crippen molar-refractivity contribution in [3.63, 3.8) is 0 Å². The summed E-state index contributed by atoms with van der Waals surface area (Å²) in [5.74, 6) is -0.813. The highest BCUT2D eigenvalue weighted by atomic mass is 35.5. The molecule has 1 N–H and O–H groups in total. The Morgan fingerprint density at radius 2 is 1.77 bits per heavy atom. The maximum atomic E-state index is 13.2. The number of carbonyl (C=O) groups excluding carboxylic acids is 2. The third kappa shape index (κ3) is 6.44. The van der Waals surface area contributed by atoms with Crippen LogP contribution in [0.2, 0.25) is 5.02 Å². The first-order chi connectivity index (χ1) is 16.9. The van der Waals surface area contributed by atoms with Gasteiger partial charge in [-0.1, -0.05) is 57.3 Å². The molecule has 35 heavy (non-hydrogen) atoms. The van der Waals surface area contributed by atoms with E-state index in [9.17, 15) is 14.7 Å². The van der Waals surface area contributed by atoms with Crippen molar-refractivity contribution in [2.75, 3.05) is 32.8 Å². The molecule has 1 amide bonds. The summed E-state index contributed by atoms with van der Waals surface area (Å²) < 4.78 is 5.93. The van der Waals surface area contributed by atoms with Crippen LogP contribution < -0.4 is 4.74 Å². The van der Waals surface area contributed by atoms with Crippen molar-refractivity contribution >= 4 is 29.1 Å². The van der Waals surface area contributed by atoms with E-state index in [0.717, 1.165) is 37.9 Å². The van der Waals surface area contributed by atoms with Crippen LogP contribution in [0, 0.1) is 0 Å². The zero-order valence-electron chi connectivity index (χ0n) is 20.8. The molecule has 7 heteroatoms. The van der Waals surface area contributed by atoms with Crippen molar-refractivity contribution in [2.45, 2.75) is 46.1 Å². The Bertz CT molecular complexity index is 1050. The number of carbonyl (C=O) groups is 2. The highest BCUT2D eigenvalue weighted by Gasteiger charge is 2.46. The van der Waals surface area contributed by atoms with Gasteiger partial charge < -0.3 is 19.6 Å². The van der Waals surface area contributed by atoms with E-state index in [-0.39, 0.29) is 11.3 Å². The lowest BCUT2D eigenvalue weighted by atomic mass is 9.95. The molecule has 6 nitrogen and oxygen atoms in total. The number of benzene rings is 2. The van der Waals surface area contributed by atoms with Crippen LogP contribution in [0.15, 0.2) is 54.1 Å². The van der Waals surface area contributed by atoms with Gasteiger partial charge >= 0.3 is 0 Å². The van der Waals surface area contributed by atoms with Gasteiger partial charge in [0.15, 0.2) is 0 Å². The number of likely N-dealkylation sites (N-methyl/N-ethyl adjacent to an activating group) is 1. The van der Waals surface area contributed by atoms with E-state index in [0.29, 0.717) is 36.0 Å². The zero-order valence-corrected chi connectivity index (χ0v) is 21.6. The van der Waals surface area contributed by atoms with Crippen molar-refractivity contribution in [1.82, 2.24) is 9.80 Å². The molecule has 0 aromatic heterocycles. The largest absolute Gasteiger partial charge is 0.507 e. The van der Waals surface area contributed by atoms with Crippen LogP contribution in [0.4, 0.5) is 0 Å². The second kappa shape index (κ2) is 12.8. The van der Waals surface area contributed by atoms with Crippen LogP contribution in [-0.4, -0.2) is 59.4 Å². The summed E-state index contributed by atoms with van der Waals surface area (Å²) in [4.78, 5) is 30.1. The number of hydrogen-bond donors (Lipinski definition) is 1. The van der Waals surface area contributed by atoms with E-state index < -0.39 is 17.7 Å². The molecule has 1 aliphatic heterocycles. The molecule has 0 aliphatic carbocycles. The van der Waals surface area contributed by atoms with Crippen molar-refractivity contribution < 1.29 is 19.4 Å². The number of rotatable bonds is 12. The van der Waals surface area contributed by atoms with Gasteiger partial charge in [0.1, 0.15) is 11.5 Å². The van der Waals surface area contributed by atoms with E-state index in [1.807, 2.05) is 24.3 Å². The summed E-state index contributed by atoms with van der Waals surface area (Å²) in [6.45, 7) is 9.56. The number of amides is 1. The Labute approximate surface area is 213 Å². The molecule has 1 heterocycles. The summed E-state index contributed by atoms with van der Waals surface area (Å²) in [5.41, 5.74) is 1.25. The molecule has 0 spiro atoms. The summed E-state index contributed by atoms with van der Waals surface area (Å²) in [6, 6.07) is 13.3. The molecule has 1 unspecified atom stereocenters. The SMILES string of the molecule is CCCCCOc1cccc(C2C(=C(O)c3ccc(Cl)cc3)C(=O)C(=O)N2CCN(CC)CC)c1. The van der Waals surface area contributed by atoms with Crippen LogP contribution in [0.1, 0.15) is 57.2 Å². The molecule has 0 bridgehead atoms. The molecule has 1 fully saturated rings.